The Balaban J connectivity index is 1.35. The summed E-state index contributed by atoms with van der Waals surface area (Å²) >= 11 is 5.98. The third kappa shape index (κ3) is 3.91. The fourth-order valence-electron chi connectivity index (χ4n) is 3.53. The molecule has 0 aliphatic carbocycles. The van der Waals surface area contributed by atoms with Gasteiger partial charge >= 0.3 is 0 Å². The quantitative estimate of drug-likeness (QED) is 0.829. The molecule has 1 amide bonds. The van der Waals surface area contributed by atoms with E-state index in [2.05, 4.69) is 15.4 Å². The number of amides is 1. The monoisotopic (exact) mass is 385 g/mol. The van der Waals surface area contributed by atoms with E-state index in [0.717, 1.165) is 11.1 Å². The van der Waals surface area contributed by atoms with Gasteiger partial charge in [0.05, 0.1) is 10.9 Å². The van der Waals surface area contributed by atoms with E-state index in [1.54, 1.807) is 12.1 Å². The van der Waals surface area contributed by atoms with Crippen LogP contribution in [0.25, 0.3) is 0 Å². The normalized spacial score (nSPS) is 21.4. The number of oxime groups is 1. The molecule has 0 aromatic heterocycles. The topological polar surface area (TPSA) is 74.2 Å². The van der Waals surface area contributed by atoms with Crippen LogP contribution in [-0.2, 0) is 22.7 Å². The molecule has 140 valence electrons. The van der Waals surface area contributed by atoms with E-state index in [1.165, 1.54) is 0 Å². The number of aromatic hydroxyl groups is 1. The molecule has 2 atom stereocenters. The number of fused-ring (bicyclic) bond motifs is 1. The van der Waals surface area contributed by atoms with Gasteiger partial charge in [-0.2, -0.15) is 0 Å². The average Bonchev–Trinajstić information content (AvgIpc) is 3.24. The zero-order valence-corrected chi connectivity index (χ0v) is 15.4. The Hall–Kier alpha value is -2.57. The molecule has 2 aromatic carbocycles. The van der Waals surface area contributed by atoms with Gasteiger partial charge in [-0.25, -0.2) is 0 Å². The van der Waals surface area contributed by atoms with Crippen LogP contribution in [0.1, 0.15) is 11.1 Å². The maximum atomic E-state index is 12.5. The molecule has 7 heteroatoms. The average molecular weight is 386 g/mol. The third-order valence-electron chi connectivity index (χ3n) is 4.93. The highest BCUT2D eigenvalue weighted by atomic mass is 35.5. The fourth-order valence-corrected chi connectivity index (χ4v) is 3.73. The van der Waals surface area contributed by atoms with Crippen LogP contribution in [0.5, 0.6) is 5.75 Å². The van der Waals surface area contributed by atoms with E-state index < -0.39 is 0 Å². The molecule has 27 heavy (non-hydrogen) atoms. The lowest BCUT2D eigenvalue weighted by Gasteiger charge is -2.16. The van der Waals surface area contributed by atoms with Crippen LogP contribution in [0.2, 0.25) is 5.02 Å². The van der Waals surface area contributed by atoms with Crippen LogP contribution in [-0.4, -0.2) is 40.8 Å². The molecule has 0 unspecified atom stereocenters. The van der Waals surface area contributed by atoms with Gasteiger partial charge in [-0.3, -0.25) is 9.69 Å². The van der Waals surface area contributed by atoms with Crippen LogP contribution in [0.4, 0.5) is 0 Å². The molecule has 1 fully saturated rings. The van der Waals surface area contributed by atoms with Crippen LogP contribution < -0.4 is 5.32 Å². The Bertz CT molecular complexity index is 872. The van der Waals surface area contributed by atoms with Crippen molar-refractivity contribution < 1.29 is 14.7 Å². The number of likely N-dealkylation sites (tertiary alicyclic amines) is 1. The predicted octanol–water partition coefficient (Wildman–Crippen LogP) is 2.55. The summed E-state index contributed by atoms with van der Waals surface area (Å²) in [5.41, 5.74) is 2.51. The second-order valence-electron chi connectivity index (χ2n) is 6.88. The molecule has 2 aliphatic heterocycles. The van der Waals surface area contributed by atoms with E-state index in [-0.39, 0.29) is 23.7 Å². The summed E-state index contributed by atoms with van der Waals surface area (Å²) < 4.78 is 0. The molecule has 2 heterocycles. The Morgan fingerprint density at radius 2 is 2.04 bits per heavy atom. The first-order valence-electron chi connectivity index (χ1n) is 8.86. The van der Waals surface area contributed by atoms with E-state index in [9.17, 15) is 9.90 Å². The second kappa shape index (κ2) is 7.58. The molecule has 6 nitrogen and oxygen atoms in total. The van der Waals surface area contributed by atoms with E-state index in [4.69, 9.17) is 16.4 Å². The number of halogens is 1. The lowest BCUT2D eigenvalue weighted by molar-refractivity contribution is -0.115. The van der Waals surface area contributed by atoms with Gasteiger partial charge in [-0.05, 0) is 23.3 Å². The molecular weight excluding hydrogens is 366 g/mol. The van der Waals surface area contributed by atoms with Crippen molar-refractivity contribution in [1.29, 1.82) is 0 Å². The minimum atomic E-state index is -0.180. The van der Waals surface area contributed by atoms with Gasteiger partial charge in [0.15, 0.2) is 5.71 Å². The molecule has 0 radical (unpaired) electrons. The summed E-state index contributed by atoms with van der Waals surface area (Å²) in [6.45, 7) is 2.53. The van der Waals surface area contributed by atoms with Crippen molar-refractivity contribution in [2.45, 2.75) is 19.2 Å². The van der Waals surface area contributed by atoms with Crippen LogP contribution in [0.15, 0.2) is 53.7 Å². The number of hydrogen-bond donors (Lipinski definition) is 2. The first-order chi connectivity index (χ1) is 13.1. The highest BCUT2D eigenvalue weighted by molar-refractivity contribution is 6.40. The number of nitrogens with zero attached hydrogens (tertiary/aromatic N) is 2. The highest BCUT2D eigenvalue weighted by Crippen LogP contribution is 2.30. The van der Waals surface area contributed by atoms with Gasteiger partial charge in [0.1, 0.15) is 11.9 Å². The summed E-state index contributed by atoms with van der Waals surface area (Å²) in [4.78, 5) is 20.2. The number of carbonyl (C=O) groups is 1. The Kier molecular flexibility index (Phi) is 5.01. The molecule has 0 spiro atoms. The molecule has 2 aliphatic rings. The van der Waals surface area contributed by atoms with Gasteiger partial charge < -0.3 is 15.3 Å². The van der Waals surface area contributed by atoms with Crippen molar-refractivity contribution in [2.24, 2.45) is 11.1 Å². The van der Waals surface area contributed by atoms with Crippen LogP contribution >= 0.6 is 11.6 Å². The number of hydrogen-bond acceptors (Lipinski definition) is 5. The van der Waals surface area contributed by atoms with Crippen molar-refractivity contribution in [3.05, 3.63) is 64.7 Å². The number of rotatable bonds is 5. The molecule has 1 saturated heterocycles. The SMILES string of the molecule is O=C(NCc1ccccc1)C1=NO[C@@H]2CN(Cc3ccc(O)c(Cl)c3)C[C@H]12. The summed E-state index contributed by atoms with van der Waals surface area (Å²) in [5.74, 6) is -0.138. The molecule has 0 saturated carbocycles. The lowest BCUT2D eigenvalue weighted by Crippen LogP contribution is -2.36. The molecule has 2 N–H and O–H groups in total. The molecule has 2 aromatic rings. The minimum absolute atomic E-state index is 0.0339. The van der Waals surface area contributed by atoms with Crippen molar-refractivity contribution >= 4 is 23.2 Å². The van der Waals surface area contributed by atoms with Crippen molar-refractivity contribution in [3.8, 4) is 5.75 Å². The van der Waals surface area contributed by atoms with Crippen LogP contribution in [0.3, 0.4) is 0 Å². The molecular formula is C20H20ClN3O3. The smallest absolute Gasteiger partial charge is 0.269 e. The molecule has 4 rings (SSSR count). The van der Waals surface area contributed by atoms with E-state index in [1.807, 2.05) is 36.4 Å². The Morgan fingerprint density at radius 3 is 2.81 bits per heavy atom. The number of benzene rings is 2. The van der Waals surface area contributed by atoms with Gasteiger partial charge in [0.2, 0.25) is 0 Å². The van der Waals surface area contributed by atoms with Gasteiger partial charge in [0, 0.05) is 26.2 Å². The van der Waals surface area contributed by atoms with Crippen molar-refractivity contribution in [3.63, 3.8) is 0 Å². The van der Waals surface area contributed by atoms with Gasteiger partial charge in [-0.1, -0.05) is 53.2 Å². The first-order valence-corrected chi connectivity index (χ1v) is 9.23. The van der Waals surface area contributed by atoms with Gasteiger partial charge in [-0.15, -0.1) is 0 Å². The number of nitrogens with one attached hydrogen (secondary N) is 1. The third-order valence-corrected chi connectivity index (χ3v) is 5.23. The zero-order chi connectivity index (χ0) is 18.8. The summed E-state index contributed by atoms with van der Waals surface area (Å²) in [7, 11) is 0. The summed E-state index contributed by atoms with van der Waals surface area (Å²) in [6.07, 6.45) is -0.102. The second-order valence-corrected chi connectivity index (χ2v) is 7.28. The number of carbonyl (C=O) groups excluding carboxylic acids is 1. The largest absolute Gasteiger partial charge is 0.506 e. The van der Waals surface area contributed by atoms with Crippen molar-refractivity contribution in [2.75, 3.05) is 13.1 Å². The summed E-state index contributed by atoms with van der Waals surface area (Å²) in [5, 5.41) is 16.8. The highest BCUT2D eigenvalue weighted by Gasteiger charge is 2.44. The number of phenols is 1. The lowest BCUT2D eigenvalue weighted by atomic mass is 10.0. The fraction of sp³-hybridized carbons (Fsp3) is 0.300. The van der Waals surface area contributed by atoms with Gasteiger partial charge in [0.25, 0.3) is 5.91 Å². The Morgan fingerprint density at radius 1 is 1.22 bits per heavy atom. The van der Waals surface area contributed by atoms with Crippen LogP contribution in [0, 0.1) is 5.92 Å². The predicted molar refractivity (Wildman–Crippen MR) is 102 cm³/mol. The maximum Gasteiger partial charge on any atom is 0.269 e. The molecule has 0 bridgehead atoms. The summed E-state index contributed by atoms with van der Waals surface area (Å²) in [6, 6.07) is 15.0. The Labute approximate surface area is 162 Å². The number of phenolic OH excluding ortho intramolecular Hbond substituents is 1. The first kappa shape index (κ1) is 17.8. The minimum Gasteiger partial charge on any atom is -0.506 e. The standard InChI is InChI=1S/C20H20ClN3O3/c21-16-8-14(6-7-17(16)25)10-24-11-15-18(12-24)27-23-19(15)20(26)22-9-13-4-2-1-3-5-13/h1-8,15,18,25H,9-12H2,(H,22,26)/t15-,18+/m0/s1. The van der Waals surface area contributed by atoms with E-state index >= 15 is 0 Å². The van der Waals surface area contributed by atoms with Crippen molar-refractivity contribution in [1.82, 2.24) is 10.2 Å². The van der Waals surface area contributed by atoms with E-state index in [0.29, 0.717) is 36.9 Å². The maximum absolute atomic E-state index is 12.5. The zero-order valence-electron chi connectivity index (χ0n) is 14.6.